The van der Waals surface area contributed by atoms with Crippen molar-refractivity contribution in [3.05, 3.63) is 72.1 Å². The van der Waals surface area contributed by atoms with E-state index in [1.165, 1.54) is 4.68 Å². The lowest BCUT2D eigenvalue weighted by molar-refractivity contribution is -0.136. The van der Waals surface area contributed by atoms with Gasteiger partial charge in [0.2, 0.25) is 0 Å². The van der Waals surface area contributed by atoms with Gasteiger partial charge in [0.05, 0.1) is 22.3 Å². The molecule has 4 aromatic rings. The molecule has 0 N–H and O–H groups in total. The van der Waals surface area contributed by atoms with Gasteiger partial charge in [-0.25, -0.2) is 9.97 Å². The van der Waals surface area contributed by atoms with E-state index >= 15 is 0 Å². The SMILES string of the molecule is Cc1nn(-c2ccccn2)c2nc(-c3ccccc3)cc(C(F)(F)F)c12. The lowest BCUT2D eigenvalue weighted by Crippen LogP contribution is -2.08. The number of alkyl halides is 3. The third-order valence-electron chi connectivity index (χ3n) is 4.05. The zero-order valence-corrected chi connectivity index (χ0v) is 13.7. The van der Waals surface area contributed by atoms with Crippen molar-refractivity contribution in [3.63, 3.8) is 0 Å². The van der Waals surface area contributed by atoms with Gasteiger partial charge in [-0.15, -0.1) is 0 Å². The highest BCUT2D eigenvalue weighted by molar-refractivity contribution is 5.86. The summed E-state index contributed by atoms with van der Waals surface area (Å²) in [5.41, 5.74) is 0.481. The number of benzene rings is 1. The zero-order chi connectivity index (χ0) is 18.3. The molecule has 0 aliphatic heterocycles. The Labute approximate surface area is 147 Å². The van der Waals surface area contributed by atoms with Crippen LogP contribution in [0, 0.1) is 6.92 Å². The van der Waals surface area contributed by atoms with E-state index in [-0.39, 0.29) is 22.4 Å². The lowest BCUT2D eigenvalue weighted by Gasteiger charge is -2.11. The molecule has 3 aromatic heterocycles. The van der Waals surface area contributed by atoms with Gasteiger partial charge in [0.15, 0.2) is 11.5 Å². The Morgan fingerprint density at radius 3 is 2.35 bits per heavy atom. The Bertz CT molecular complexity index is 1070. The van der Waals surface area contributed by atoms with Crippen LogP contribution >= 0.6 is 0 Å². The van der Waals surface area contributed by atoms with Crippen LogP contribution in [0.2, 0.25) is 0 Å². The topological polar surface area (TPSA) is 43.6 Å². The number of aryl methyl sites for hydroxylation is 1. The average molecular weight is 354 g/mol. The molecule has 26 heavy (non-hydrogen) atoms. The normalized spacial score (nSPS) is 11.8. The smallest absolute Gasteiger partial charge is 0.237 e. The molecule has 0 atom stereocenters. The highest BCUT2D eigenvalue weighted by atomic mass is 19.4. The number of aromatic nitrogens is 4. The predicted octanol–water partition coefficient (Wildman–Crippen LogP) is 4.81. The maximum Gasteiger partial charge on any atom is 0.417 e. The Kier molecular flexibility index (Phi) is 3.72. The van der Waals surface area contributed by atoms with Crippen LogP contribution in [0.4, 0.5) is 13.2 Å². The van der Waals surface area contributed by atoms with Crippen LogP contribution in [0.25, 0.3) is 28.1 Å². The highest BCUT2D eigenvalue weighted by Crippen LogP contribution is 2.38. The molecular weight excluding hydrogens is 341 g/mol. The molecule has 4 nitrogen and oxygen atoms in total. The first-order valence-corrected chi connectivity index (χ1v) is 7.89. The fourth-order valence-corrected chi connectivity index (χ4v) is 2.91. The number of fused-ring (bicyclic) bond motifs is 1. The van der Waals surface area contributed by atoms with Crippen molar-refractivity contribution < 1.29 is 13.2 Å². The molecule has 0 spiro atoms. The van der Waals surface area contributed by atoms with E-state index in [0.29, 0.717) is 11.4 Å². The van der Waals surface area contributed by atoms with Crippen molar-refractivity contribution in [2.24, 2.45) is 0 Å². The molecule has 0 fully saturated rings. The van der Waals surface area contributed by atoms with Crippen LogP contribution in [-0.2, 0) is 6.18 Å². The zero-order valence-electron chi connectivity index (χ0n) is 13.7. The van der Waals surface area contributed by atoms with Crippen LogP contribution in [0.15, 0.2) is 60.8 Å². The second-order valence-electron chi connectivity index (χ2n) is 5.80. The molecule has 130 valence electrons. The van der Waals surface area contributed by atoms with E-state index in [1.807, 2.05) is 0 Å². The van der Waals surface area contributed by atoms with Gasteiger partial charge < -0.3 is 0 Å². The van der Waals surface area contributed by atoms with Gasteiger partial charge in [0, 0.05) is 11.8 Å². The third-order valence-corrected chi connectivity index (χ3v) is 4.05. The predicted molar refractivity (Wildman–Crippen MR) is 91.8 cm³/mol. The fraction of sp³-hybridized carbons (Fsp3) is 0.105. The first-order chi connectivity index (χ1) is 12.4. The molecule has 1 aromatic carbocycles. The maximum atomic E-state index is 13.7. The van der Waals surface area contributed by atoms with Gasteiger partial charge in [0.25, 0.3) is 0 Å². The Balaban J connectivity index is 2.08. The van der Waals surface area contributed by atoms with E-state index in [1.54, 1.807) is 61.7 Å². The van der Waals surface area contributed by atoms with Crippen molar-refractivity contribution in [2.45, 2.75) is 13.1 Å². The minimum Gasteiger partial charge on any atom is -0.237 e. The van der Waals surface area contributed by atoms with Gasteiger partial charge in [-0.2, -0.15) is 23.0 Å². The highest BCUT2D eigenvalue weighted by Gasteiger charge is 2.35. The van der Waals surface area contributed by atoms with Gasteiger partial charge in [-0.05, 0) is 25.1 Å². The summed E-state index contributed by atoms with van der Waals surface area (Å²) < 4.78 is 42.5. The molecular formula is C19H13F3N4. The van der Waals surface area contributed by atoms with Crippen LogP contribution in [0.1, 0.15) is 11.3 Å². The van der Waals surface area contributed by atoms with E-state index in [0.717, 1.165) is 6.07 Å². The van der Waals surface area contributed by atoms with E-state index in [4.69, 9.17) is 0 Å². The molecule has 0 saturated carbocycles. The van der Waals surface area contributed by atoms with Gasteiger partial charge in [-0.3, -0.25) is 0 Å². The molecule has 0 aliphatic carbocycles. The molecule has 7 heteroatoms. The average Bonchev–Trinajstić information content (AvgIpc) is 2.98. The Morgan fingerprint density at radius 2 is 1.69 bits per heavy atom. The monoisotopic (exact) mass is 354 g/mol. The Morgan fingerprint density at radius 1 is 0.962 bits per heavy atom. The van der Waals surface area contributed by atoms with Gasteiger partial charge >= 0.3 is 6.18 Å². The second-order valence-corrected chi connectivity index (χ2v) is 5.80. The quantitative estimate of drug-likeness (QED) is 0.519. The summed E-state index contributed by atoms with van der Waals surface area (Å²) in [5, 5.41) is 4.25. The van der Waals surface area contributed by atoms with E-state index in [2.05, 4.69) is 15.1 Å². The summed E-state index contributed by atoms with van der Waals surface area (Å²) in [6.07, 6.45) is -2.96. The molecule has 0 saturated heterocycles. The first kappa shape index (κ1) is 16.3. The number of hydrogen-bond acceptors (Lipinski definition) is 3. The van der Waals surface area contributed by atoms with Crippen molar-refractivity contribution in [3.8, 4) is 17.1 Å². The van der Waals surface area contributed by atoms with Crippen LogP contribution in [0.5, 0.6) is 0 Å². The summed E-state index contributed by atoms with van der Waals surface area (Å²) in [5.74, 6) is 0.413. The molecule has 0 unspecified atom stereocenters. The van der Waals surface area contributed by atoms with E-state index < -0.39 is 11.7 Å². The molecule has 0 bridgehead atoms. The third kappa shape index (κ3) is 2.71. The molecule has 3 heterocycles. The van der Waals surface area contributed by atoms with Gasteiger partial charge in [0.1, 0.15) is 0 Å². The van der Waals surface area contributed by atoms with E-state index in [9.17, 15) is 13.2 Å². The van der Waals surface area contributed by atoms with Crippen molar-refractivity contribution in [2.75, 3.05) is 0 Å². The second kappa shape index (κ2) is 5.94. The number of halogens is 3. The number of hydrogen-bond donors (Lipinski definition) is 0. The van der Waals surface area contributed by atoms with Gasteiger partial charge in [-0.1, -0.05) is 36.4 Å². The standard InChI is InChI=1S/C19H13F3N4/c1-12-17-14(19(20,21)22)11-15(13-7-3-2-4-8-13)24-18(17)26(25-12)16-9-5-6-10-23-16/h2-11H,1H3. The van der Waals surface area contributed by atoms with Crippen molar-refractivity contribution in [1.29, 1.82) is 0 Å². The summed E-state index contributed by atoms with van der Waals surface area (Å²) in [4.78, 5) is 8.66. The van der Waals surface area contributed by atoms with Crippen LogP contribution < -0.4 is 0 Å². The van der Waals surface area contributed by atoms with Crippen molar-refractivity contribution in [1.82, 2.24) is 19.7 Å². The first-order valence-electron chi connectivity index (χ1n) is 7.89. The lowest BCUT2D eigenvalue weighted by atomic mass is 10.1. The fourth-order valence-electron chi connectivity index (χ4n) is 2.91. The Hall–Kier alpha value is -3.22. The largest absolute Gasteiger partial charge is 0.417 e. The minimum atomic E-state index is -4.52. The van der Waals surface area contributed by atoms with Crippen LogP contribution in [0.3, 0.4) is 0 Å². The molecule has 4 rings (SSSR count). The number of pyridine rings is 2. The molecule has 0 radical (unpaired) electrons. The number of rotatable bonds is 2. The summed E-state index contributed by atoms with van der Waals surface area (Å²) >= 11 is 0. The summed E-state index contributed by atoms with van der Waals surface area (Å²) in [6.45, 7) is 1.54. The summed E-state index contributed by atoms with van der Waals surface area (Å²) in [6, 6.07) is 15.0. The maximum absolute atomic E-state index is 13.7. The number of nitrogens with zero attached hydrogens (tertiary/aromatic N) is 4. The van der Waals surface area contributed by atoms with Crippen LogP contribution in [-0.4, -0.2) is 19.7 Å². The summed E-state index contributed by atoms with van der Waals surface area (Å²) in [7, 11) is 0. The molecule has 0 aliphatic rings. The molecule has 0 amide bonds. The minimum absolute atomic E-state index is 0.0113. The van der Waals surface area contributed by atoms with Crippen molar-refractivity contribution >= 4 is 11.0 Å².